The second-order valence-electron chi connectivity index (χ2n) is 11.7. The van der Waals surface area contributed by atoms with Crippen molar-refractivity contribution in [1.29, 1.82) is 0 Å². The van der Waals surface area contributed by atoms with Gasteiger partial charge in [0.05, 0.1) is 0 Å². The molecule has 7 rings (SSSR count). The first-order valence-corrected chi connectivity index (χ1v) is 26.7. The highest BCUT2D eigenvalue weighted by atomic mass is 14.1. The molecule has 0 nitrogen and oxygen atoms in total. The predicted octanol–water partition coefficient (Wildman–Crippen LogP) is 23.9. The van der Waals surface area contributed by atoms with Gasteiger partial charge in [-0.1, -0.05) is 349 Å². The van der Waals surface area contributed by atoms with Crippen molar-refractivity contribution in [2.75, 3.05) is 0 Å². The standard InChI is InChI=1S/2C11H10.C7H14.C7H8.C6H8.11C2H6/c1-9-5-4-7-10-6-2-3-8-11(9)10;1-9-6-7-10-4-2-3-5-11(10)8-9;2*1-7-5-3-2-4-6-7;1-6-4-2-3-5-6;11*1-2/h2*2-8H,1H3;7H,2-6H2,1H3;2-6H,1H3;2-6H,1H3;11*1-2H3. The Morgan fingerprint density at radius 1 is 0.328 bits per heavy atom. The number of benzene rings is 5. The molecular formula is C64H116. The molecule has 0 heteroatoms. The molecule has 0 unspecified atom stereocenters. The highest BCUT2D eigenvalue weighted by Gasteiger charge is 2.06. The second-order valence-corrected chi connectivity index (χ2v) is 11.7. The lowest BCUT2D eigenvalue weighted by Gasteiger charge is -2.15. The average Bonchev–Trinajstić information content (AvgIpc) is 3.90. The normalized spacial score (nSPS) is 10.2. The van der Waals surface area contributed by atoms with Gasteiger partial charge in [0.2, 0.25) is 0 Å². The minimum absolute atomic E-state index is 0.685. The van der Waals surface area contributed by atoms with Crippen molar-refractivity contribution in [3.05, 3.63) is 156 Å². The van der Waals surface area contributed by atoms with Gasteiger partial charge in [0.25, 0.3) is 0 Å². The fraction of sp³-hybridized carbons (Fsp3) is 0.531. The van der Waals surface area contributed by atoms with Gasteiger partial charge in [-0.15, -0.1) is 0 Å². The molecule has 2 aliphatic carbocycles. The Kier molecular flexibility index (Phi) is 96.0. The lowest BCUT2D eigenvalue weighted by atomic mass is 9.91. The second kappa shape index (κ2) is 76.4. The van der Waals surface area contributed by atoms with Crippen molar-refractivity contribution < 1.29 is 0 Å². The first kappa shape index (κ1) is 80.4. The molecule has 0 aliphatic heterocycles. The van der Waals surface area contributed by atoms with Crippen LogP contribution in [0.2, 0.25) is 0 Å². The van der Waals surface area contributed by atoms with Crippen LogP contribution in [0.4, 0.5) is 0 Å². The third-order valence-electron chi connectivity index (χ3n) is 7.69. The minimum Gasteiger partial charge on any atom is -0.0779 e. The summed E-state index contributed by atoms with van der Waals surface area (Å²) < 4.78 is 0. The van der Waals surface area contributed by atoms with Crippen molar-refractivity contribution in [2.24, 2.45) is 11.8 Å². The van der Waals surface area contributed by atoms with E-state index >= 15 is 0 Å². The first-order valence-electron chi connectivity index (χ1n) is 26.7. The summed E-state index contributed by atoms with van der Waals surface area (Å²) in [4.78, 5) is 0. The quantitative estimate of drug-likeness (QED) is 0.145. The molecule has 0 spiro atoms. The molecule has 0 radical (unpaired) electrons. The van der Waals surface area contributed by atoms with E-state index in [0.29, 0.717) is 5.92 Å². The molecule has 0 atom stereocenters. The predicted molar refractivity (Wildman–Crippen MR) is 313 cm³/mol. The Morgan fingerprint density at radius 2 is 0.703 bits per heavy atom. The van der Waals surface area contributed by atoms with Crippen LogP contribution in [0.1, 0.15) is 215 Å². The minimum atomic E-state index is 0.685. The van der Waals surface area contributed by atoms with E-state index < -0.39 is 0 Å². The van der Waals surface area contributed by atoms with Gasteiger partial charge in [-0.25, -0.2) is 0 Å². The van der Waals surface area contributed by atoms with Crippen LogP contribution in [0.25, 0.3) is 21.5 Å². The molecule has 0 amide bonds. The number of fused-ring (bicyclic) bond motifs is 2. The number of hydrogen-bond donors (Lipinski definition) is 0. The monoisotopic (exact) mass is 885 g/mol. The van der Waals surface area contributed by atoms with E-state index in [0.717, 1.165) is 5.92 Å². The van der Waals surface area contributed by atoms with Crippen molar-refractivity contribution in [1.82, 2.24) is 0 Å². The molecule has 5 aromatic carbocycles. The van der Waals surface area contributed by atoms with Crippen LogP contribution < -0.4 is 0 Å². The number of rotatable bonds is 0. The van der Waals surface area contributed by atoms with E-state index in [4.69, 9.17) is 0 Å². The van der Waals surface area contributed by atoms with Crippen LogP contribution in [-0.4, -0.2) is 0 Å². The van der Waals surface area contributed by atoms with E-state index in [9.17, 15) is 0 Å². The molecule has 0 aromatic heterocycles. The summed E-state index contributed by atoms with van der Waals surface area (Å²) in [5, 5.41) is 5.33. The van der Waals surface area contributed by atoms with Crippen molar-refractivity contribution >= 4 is 21.5 Å². The summed E-state index contributed by atoms with van der Waals surface area (Å²) >= 11 is 0. The van der Waals surface area contributed by atoms with Crippen LogP contribution in [0.15, 0.2) is 140 Å². The van der Waals surface area contributed by atoms with Crippen LogP contribution in [0.5, 0.6) is 0 Å². The van der Waals surface area contributed by atoms with Gasteiger partial charge < -0.3 is 0 Å². The van der Waals surface area contributed by atoms with Crippen molar-refractivity contribution in [3.8, 4) is 0 Å². The highest BCUT2D eigenvalue weighted by Crippen LogP contribution is 2.22. The van der Waals surface area contributed by atoms with Gasteiger partial charge >= 0.3 is 0 Å². The molecule has 0 heterocycles. The fourth-order valence-corrected chi connectivity index (χ4v) is 5.08. The van der Waals surface area contributed by atoms with Crippen LogP contribution >= 0.6 is 0 Å². The van der Waals surface area contributed by atoms with Gasteiger partial charge in [0.15, 0.2) is 0 Å². The molecule has 5 aromatic rings. The summed E-state index contributed by atoms with van der Waals surface area (Å²) in [5.41, 5.74) is 3.99. The number of hydrogen-bond acceptors (Lipinski definition) is 0. The largest absolute Gasteiger partial charge is 0.0779 e. The maximum absolute atomic E-state index is 2.36. The molecule has 0 bridgehead atoms. The molecule has 0 N–H and O–H groups in total. The fourth-order valence-electron chi connectivity index (χ4n) is 5.08. The summed E-state index contributed by atoms with van der Waals surface area (Å²) in [6.07, 6.45) is 15.9. The Morgan fingerprint density at radius 3 is 1.05 bits per heavy atom. The van der Waals surface area contributed by atoms with Gasteiger partial charge in [0.1, 0.15) is 0 Å². The van der Waals surface area contributed by atoms with Crippen LogP contribution in [-0.2, 0) is 0 Å². The molecule has 2 aliphatic rings. The molecule has 0 saturated heterocycles. The molecule has 372 valence electrons. The zero-order valence-electron chi connectivity index (χ0n) is 48.5. The molecule has 64 heavy (non-hydrogen) atoms. The van der Waals surface area contributed by atoms with Gasteiger partial charge in [0, 0.05) is 0 Å². The van der Waals surface area contributed by atoms with E-state index in [1.165, 1.54) is 70.3 Å². The Bertz CT molecular complexity index is 1480. The first-order chi connectivity index (χ1) is 31.4. The average molecular weight is 886 g/mol. The number of aryl methyl sites for hydroxylation is 3. The maximum Gasteiger partial charge on any atom is -0.00756 e. The Balaban J connectivity index is -0.0000000769. The zero-order chi connectivity index (χ0) is 52.0. The third kappa shape index (κ3) is 52.4. The summed E-state index contributed by atoms with van der Waals surface area (Å²) in [6.45, 7) is 54.9. The lowest BCUT2D eigenvalue weighted by molar-refractivity contribution is 0.385. The Labute approximate surface area is 406 Å². The summed E-state index contributed by atoms with van der Waals surface area (Å²) in [5.74, 6) is 1.72. The van der Waals surface area contributed by atoms with Gasteiger partial charge in [-0.05, 0) is 59.7 Å². The maximum atomic E-state index is 2.36. The van der Waals surface area contributed by atoms with E-state index in [1.807, 2.05) is 171 Å². The van der Waals surface area contributed by atoms with E-state index in [1.54, 1.807) is 0 Å². The third-order valence-corrected chi connectivity index (χ3v) is 7.69. The molecule has 1 fully saturated rings. The van der Waals surface area contributed by atoms with Crippen molar-refractivity contribution in [3.63, 3.8) is 0 Å². The van der Waals surface area contributed by atoms with Crippen LogP contribution in [0.3, 0.4) is 0 Å². The SMILES string of the molecule is CC.CC.CC.CC.CC.CC.CC.CC.CC.CC.CC.CC1C=CC=C1.CC1CCCCC1.Cc1ccc2ccccc2c1.Cc1cccc2ccccc12.Cc1ccccc1. The molecular weight excluding hydrogens is 769 g/mol. The lowest BCUT2D eigenvalue weighted by Crippen LogP contribution is -1.99. The highest BCUT2D eigenvalue weighted by molar-refractivity contribution is 5.85. The summed E-state index contributed by atoms with van der Waals surface area (Å²) in [6, 6.07) is 40.0. The van der Waals surface area contributed by atoms with Crippen LogP contribution in [0, 0.1) is 32.6 Å². The van der Waals surface area contributed by atoms with Crippen molar-refractivity contribution in [2.45, 2.75) is 219 Å². The molecule has 1 saturated carbocycles. The van der Waals surface area contributed by atoms with Gasteiger partial charge in [-0.3, -0.25) is 0 Å². The zero-order valence-corrected chi connectivity index (χ0v) is 48.5. The van der Waals surface area contributed by atoms with Gasteiger partial charge in [-0.2, -0.15) is 0 Å². The van der Waals surface area contributed by atoms with E-state index in [-0.39, 0.29) is 0 Å². The van der Waals surface area contributed by atoms with E-state index in [2.05, 4.69) is 156 Å². The topological polar surface area (TPSA) is 0 Å². The summed E-state index contributed by atoms with van der Waals surface area (Å²) in [7, 11) is 0. The Hall–Kier alpha value is -3.90. The smallest absolute Gasteiger partial charge is 0.00756 e. The number of allylic oxidation sites excluding steroid dienone is 4.